The fourth-order valence-electron chi connectivity index (χ4n) is 3.45. The van der Waals surface area contributed by atoms with Crippen LogP contribution in [-0.2, 0) is 19.3 Å². The monoisotopic (exact) mass is 250 g/mol. The van der Waals surface area contributed by atoms with Crippen LogP contribution >= 0.6 is 0 Å². The summed E-state index contributed by atoms with van der Waals surface area (Å²) in [6.07, 6.45) is 8.51. The van der Waals surface area contributed by atoms with Crippen molar-refractivity contribution in [2.24, 2.45) is 0 Å². The standard InChI is InChI=1S/C18H15F/c19-18-7-3-6-14-16-9-8-12-4-1-2-5-13(12)15(16)10-11-17(14)18/h1,3-4,6-9H,2,5,10-11H2. The van der Waals surface area contributed by atoms with Crippen molar-refractivity contribution in [3.8, 4) is 11.1 Å². The van der Waals surface area contributed by atoms with Gasteiger partial charge in [0.15, 0.2) is 0 Å². The number of allylic oxidation sites excluding steroid dienone is 1. The molecule has 0 saturated heterocycles. The molecular weight excluding hydrogens is 235 g/mol. The van der Waals surface area contributed by atoms with Gasteiger partial charge in [-0.3, -0.25) is 0 Å². The van der Waals surface area contributed by atoms with Gasteiger partial charge in [0, 0.05) is 0 Å². The highest BCUT2D eigenvalue weighted by Crippen LogP contribution is 2.38. The molecule has 0 aliphatic heterocycles. The lowest BCUT2D eigenvalue weighted by molar-refractivity contribution is 0.607. The molecule has 2 aromatic rings. The number of fused-ring (bicyclic) bond motifs is 5. The molecular formula is C18H15F. The summed E-state index contributed by atoms with van der Waals surface area (Å²) in [4.78, 5) is 0. The minimum atomic E-state index is -0.0548. The zero-order valence-electron chi connectivity index (χ0n) is 10.7. The molecule has 0 bridgehead atoms. The Labute approximate surface area is 112 Å². The molecule has 94 valence electrons. The van der Waals surface area contributed by atoms with Crippen LogP contribution in [0.5, 0.6) is 0 Å². The molecule has 0 aromatic heterocycles. The summed E-state index contributed by atoms with van der Waals surface area (Å²) in [5.74, 6) is -0.0548. The van der Waals surface area contributed by atoms with Gasteiger partial charge in [-0.2, -0.15) is 0 Å². The first kappa shape index (κ1) is 11.0. The molecule has 0 fully saturated rings. The largest absolute Gasteiger partial charge is 0.207 e. The quantitative estimate of drug-likeness (QED) is 0.643. The van der Waals surface area contributed by atoms with E-state index in [4.69, 9.17) is 0 Å². The minimum Gasteiger partial charge on any atom is -0.207 e. The van der Waals surface area contributed by atoms with Crippen LogP contribution in [0.2, 0.25) is 0 Å². The Balaban J connectivity index is 1.99. The number of hydrogen-bond acceptors (Lipinski definition) is 0. The van der Waals surface area contributed by atoms with Crippen LogP contribution in [0.3, 0.4) is 0 Å². The van der Waals surface area contributed by atoms with Crippen molar-refractivity contribution in [1.82, 2.24) is 0 Å². The van der Waals surface area contributed by atoms with Gasteiger partial charge in [-0.05, 0) is 65.1 Å². The topological polar surface area (TPSA) is 0 Å². The number of hydrogen-bond donors (Lipinski definition) is 0. The number of rotatable bonds is 0. The van der Waals surface area contributed by atoms with E-state index in [9.17, 15) is 4.39 Å². The lowest BCUT2D eigenvalue weighted by Crippen LogP contribution is -2.11. The first-order valence-corrected chi connectivity index (χ1v) is 6.93. The average molecular weight is 250 g/mol. The number of halogens is 1. The molecule has 0 atom stereocenters. The second-order valence-electron chi connectivity index (χ2n) is 5.37. The van der Waals surface area contributed by atoms with E-state index in [1.54, 1.807) is 6.07 Å². The van der Waals surface area contributed by atoms with Crippen molar-refractivity contribution in [3.05, 3.63) is 64.5 Å². The highest BCUT2D eigenvalue weighted by molar-refractivity contribution is 5.77. The maximum absolute atomic E-state index is 13.9. The highest BCUT2D eigenvalue weighted by Gasteiger charge is 2.22. The molecule has 0 amide bonds. The highest BCUT2D eigenvalue weighted by atomic mass is 19.1. The van der Waals surface area contributed by atoms with Gasteiger partial charge < -0.3 is 0 Å². The smallest absolute Gasteiger partial charge is 0.127 e. The molecule has 0 heterocycles. The van der Waals surface area contributed by atoms with Gasteiger partial charge in [-0.1, -0.05) is 36.4 Å². The van der Waals surface area contributed by atoms with Crippen LogP contribution in [0, 0.1) is 5.82 Å². The molecule has 1 heteroatoms. The first-order valence-electron chi connectivity index (χ1n) is 6.93. The van der Waals surface area contributed by atoms with E-state index < -0.39 is 0 Å². The Morgan fingerprint density at radius 1 is 0.789 bits per heavy atom. The van der Waals surface area contributed by atoms with Crippen LogP contribution in [0.15, 0.2) is 36.4 Å². The predicted octanol–water partition coefficient (Wildman–Crippen LogP) is 4.55. The second-order valence-corrected chi connectivity index (χ2v) is 5.37. The summed E-state index contributed by atoms with van der Waals surface area (Å²) in [5.41, 5.74) is 7.51. The van der Waals surface area contributed by atoms with Gasteiger partial charge in [-0.15, -0.1) is 0 Å². The molecule has 2 aliphatic carbocycles. The molecule has 0 radical (unpaired) electrons. The Morgan fingerprint density at radius 3 is 2.58 bits per heavy atom. The molecule has 0 N–H and O–H groups in total. The minimum absolute atomic E-state index is 0.0548. The third kappa shape index (κ3) is 1.58. The zero-order chi connectivity index (χ0) is 12.8. The lowest BCUT2D eigenvalue weighted by Gasteiger charge is -2.25. The van der Waals surface area contributed by atoms with Crippen molar-refractivity contribution >= 4 is 6.08 Å². The SMILES string of the molecule is Fc1cccc2c1CCc1c-2ccc2c1CCC=C2. The Hall–Kier alpha value is -1.89. The van der Waals surface area contributed by atoms with Crippen molar-refractivity contribution < 1.29 is 4.39 Å². The fraction of sp³-hybridized carbons (Fsp3) is 0.222. The van der Waals surface area contributed by atoms with E-state index in [1.165, 1.54) is 22.3 Å². The van der Waals surface area contributed by atoms with Crippen molar-refractivity contribution in [2.75, 3.05) is 0 Å². The first-order chi connectivity index (χ1) is 9.34. The normalized spacial score (nSPS) is 15.6. The Kier molecular flexibility index (Phi) is 2.34. The predicted molar refractivity (Wildman–Crippen MR) is 76.6 cm³/mol. The summed E-state index contributed by atoms with van der Waals surface area (Å²) in [5, 5.41) is 0. The Morgan fingerprint density at radius 2 is 1.63 bits per heavy atom. The molecule has 0 nitrogen and oxygen atoms in total. The second kappa shape index (κ2) is 4.06. The fourth-order valence-corrected chi connectivity index (χ4v) is 3.45. The maximum Gasteiger partial charge on any atom is 0.127 e. The summed E-state index contributed by atoms with van der Waals surface area (Å²) >= 11 is 0. The van der Waals surface area contributed by atoms with E-state index >= 15 is 0 Å². The van der Waals surface area contributed by atoms with E-state index in [0.717, 1.165) is 36.8 Å². The maximum atomic E-state index is 13.9. The Bertz CT molecular complexity index is 695. The summed E-state index contributed by atoms with van der Waals surface area (Å²) in [6, 6.07) is 9.81. The van der Waals surface area contributed by atoms with Crippen molar-refractivity contribution in [2.45, 2.75) is 25.7 Å². The summed E-state index contributed by atoms with van der Waals surface area (Å²) in [7, 11) is 0. The van der Waals surface area contributed by atoms with Crippen molar-refractivity contribution in [3.63, 3.8) is 0 Å². The molecule has 0 spiro atoms. The molecule has 0 saturated carbocycles. The van der Waals surface area contributed by atoms with Gasteiger partial charge >= 0.3 is 0 Å². The van der Waals surface area contributed by atoms with E-state index in [2.05, 4.69) is 30.4 Å². The summed E-state index contributed by atoms with van der Waals surface area (Å²) < 4.78 is 13.9. The van der Waals surface area contributed by atoms with Crippen LogP contribution in [-0.4, -0.2) is 0 Å². The van der Waals surface area contributed by atoms with E-state index in [0.29, 0.717) is 0 Å². The molecule has 4 rings (SSSR count). The van der Waals surface area contributed by atoms with Crippen LogP contribution < -0.4 is 0 Å². The lowest BCUT2D eigenvalue weighted by atomic mass is 9.79. The van der Waals surface area contributed by atoms with Gasteiger partial charge in [0.1, 0.15) is 5.82 Å². The molecule has 2 aliphatic rings. The van der Waals surface area contributed by atoms with Crippen LogP contribution in [0.4, 0.5) is 4.39 Å². The van der Waals surface area contributed by atoms with Gasteiger partial charge in [0.2, 0.25) is 0 Å². The van der Waals surface area contributed by atoms with Crippen LogP contribution in [0.25, 0.3) is 17.2 Å². The molecule has 2 aromatic carbocycles. The average Bonchev–Trinajstić information content (AvgIpc) is 2.47. The molecule has 0 unspecified atom stereocenters. The third-order valence-electron chi connectivity index (χ3n) is 4.36. The van der Waals surface area contributed by atoms with Gasteiger partial charge in [-0.25, -0.2) is 4.39 Å². The van der Waals surface area contributed by atoms with Crippen molar-refractivity contribution in [1.29, 1.82) is 0 Å². The van der Waals surface area contributed by atoms with Gasteiger partial charge in [0.05, 0.1) is 0 Å². The zero-order valence-corrected chi connectivity index (χ0v) is 10.7. The summed E-state index contributed by atoms with van der Waals surface area (Å²) in [6.45, 7) is 0. The number of benzene rings is 2. The van der Waals surface area contributed by atoms with E-state index in [-0.39, 0.29) is 5.82 Å². The third-order valence-corrected chi connectivity index (χ3v) is 4.36. The van der Waals surface area contributed by atoms with Crippen LogP contribution in [0.1, 0.15) is 28.7 Å². The van der Waals surface area contributed by atoms with Gasteiger partial charge in [0.25, 0.3) is 0 Å². The molecule has 19 heavy (non-hydrogen) atoms. The van der Waals surface area contributed by atoms with E-state index in [1.807, 2.05) is 6.07 Å².